The number of hydrogen-bond donors (Lipinski definition) is 2. The van der Waals surface area contributed by atoms with E-state index in [1.807, 2.05) is 25.5 Å². The first kappa shape index (κ1) is 40.0. The van der Waals surface area contributed by atoms with Gasteiger partial charge in [0.25, 0.3) is 5.91 Å². The second-order valence-electron chi connectivity index (χ2n) is 14.7. The van der Waals surface area contributed by atoms with Gasteiger partial charge in [0.15, 0.2) is 5.60 Å². The van der Waals surface area contributed by atoms with Crippen molar-refractivity contribution in [2.24, 2.45) is 5.41 Å². The first-order valence-electron chi connectivity index (χ1n) is 17.0. The number of piperidine rings is 1. The molecule has 3 aromatic rings. The van der Waals surface area contributed by atoms with Crippen LogP contribution >= 0.6 is 23.2 Å². The predicted octanol–water partition coefficient (Wildman–Crippen LogP) is 7.27. The number of anilines is 1. The van der Waals surface area contributed by atoms with Crippen LogP contribution in [-0.2, 0) is 34.6 Å². The lowest BCUT2D eigenvalue weighted by molar-refractivity contribution is -0.136. The summed E-state index contributed by atoms with van der Waals surface area (Å²) in [6.07, 6.45) is -0.418. The number of imide groups is 1. The highest BCUT2D eigenvalue weighted by molar-refractivity contribution is 7.89. The topological polar surface area (TPSA) is 148 Å². The van der Waals surface area contributed by atoms with Crippen LogP contribution in [0.5, 0.6) is 5.75 Å². The molecule has 1 fully saturated rings. The minimum atomic E-state index is -3.99. The van der Waals surface area contributed by atoms with Crippen LogP contribution in [0.3, 0.4) is 0 Å². The molecule has 53 heavy (non-hydrogen) atoms. The van der Waals surface area contributed by atoms with Crippen LogP contribution in [0.4, 0.5) is 14.9 Å². The number of hydrogen-bond acceptors (Lipinski definition) is 8. The maximum absolute atomic E-state index is 15.5. The summed E-state index contributed by atoms with van der Waals surface area (Å²) < 4.78 is 53.6. The Bertz CT molecular complexity index is 2100. The van der Waals surface area contributed by atoms with E-state index >= 15 is 9.18 Å². The Morgan fingerprint density at radius 3 is 2.26 bits per heavy atom. The average molecular weight is 791 g/mol. The van der Waals surface area contributed by atoms with Crippen molar-refractivity contribution in [3.8, 4) is 5.75 Å². The molecule has 0 radical (unpaired) electrons. The standard InChI is InChI=1S/C38H42Cl2FN3O8S/c1-8-37(9-2,33(46)43-53(7,49)50)52-30-15-12-22(39)16-26(30)28-19-31(45)42-32(25-18-24(41)13-10-21(25)3)38(28)27-14-11-23(40)17-29(27)44(34(38)47)35(48)51-20-36(4,5)6/h10-18,28,32H,8-9,19-20H2,1-7H3,(H,42,45)(H,43,46)/t28-,32+,38-/m1/s1. The SMILES string of the molecule is CCC(CC)(Oc1ccc(Cl)cc1[C@H]1CC(=O)N[C@@H](c2cc(F)ccc2C)[C@]12C(=O)N(C(=O)OCC(C)(C)C)c1cc(Cl)ccc12)C(=O)NS(C)(=O)=O. The third-order valence-electron chi connectivity index (χ3n) is 9.75. The van der Waals surface area contributed by atoms with Gasteiger partial charge in [0.2, 0.25) is 21.8 Å². The molecule has 1 saturated heterocycles. The Hall–Kier alpha value is -4.20. The van der Waals surface area contributed by atoms with Gasteiger partial charge in [-0.1, -0.05) is 70.0 Å². The molecule has 0 unspecified atom stereocenters. The molecule has 3 atom stereocenters. The molecule has 11 nitrogen and oxygen atoms in total. The van der Waals surface area contributed by atoms with Crippen molar-refractivity contribution in [2.75, 3.05) is 17.8 Å². The van der Waals surface area contributed by atoms with Crippen LogP contribution in [0.15, 0.2) is 54.6 Å². The zero-order valence-corrected chi connectivity index (χ0v) is 32.8. The summed E-state index contributed by atoms with van der Waals surface area (Å²) in [5, 5.41) is 3.34. The van der Waals surface area contributed by atoms with Crippen molar-refractivity contribution in [2.45, 2.75) is 83.8 Å². The number of fused-ring (bicyclic) bond motifs is 2. The van der Waals surface area contributed by atoms with Crippen LogP contribution < -0.4 is 19.7 Å². The van der Waals surface area contributed by atoms with Gasteiger partial charge >= 0.3 is 6.09 Å². The highest BCUT2D eigenvalue weighted by Gasteiger charge is 2.65. The maximum atomic E-state index is 15.5. The molecule has 0 aromatic heterocycles. The Morgan fingerprint density at radius 1 is 1.00 bits per heavy atom. The van der Waals surface area contributed by atoms with Crippen LogP contribution in [-0.4, -0.2) is 50.7 Å². The van der Waals surface area contributed by atoms with E-state index in [0.717, 1.165) is 11.2 Å². The van der Waals surface area contributed by atoms with E-state index in [2.05, 4.69) is 5.32 Å². The molecule has 0 bridgehead atoms. The molecule has 1 spiro atoms. The molecule has 3 aromatic carbocycles. The second-order valence-corrected chi connectivity index (χ2v) is 17.4. The van der Waals surface area contributed by atoms with Gasteiger partial charge in [0.1, 0.15) is 17.0 Å². The molecule has 2 heterocycles. The van der Waals surface area contributed by atoms with E-state index in [1.165, 1.54) is 42.5 Å². The quantitative estimate of drug-likeness (QED) is 0.230. The largest absolute Gasteiger partial charge is 0.477 e. The molecule has 284 valence electrons. The summed E-state index contributed by atoms with van der Waals surface area (Å²) in [6.45, 7) is 10.6. The van der Waals surface area contributed by atoms with Crippen molar-refractivity contribution < 1.29 is 41.5 Å². The van der Waals surface area contributed by atoms with Crippen LogP contribution in [0.2, 0.25) is 10.0 Å². The Balaban J connectivity index is 1.83. The van der Waals surface area contributed by atoms with Gasteiger partial charge in [-0.05, 0) is 84.3 Å². The highest BCUT2D eigenvalue weighted by atomic mass is 35.5. The molecule has 4 amide bonds. The lowest BCUT2D eigenvalue weighted by Gasteiger charge is -2.47. The summed E-state index contributed by atoms with van der Waals surface area (Å²) in [7, 11) is -3.99. The number of rotatable bonds is 9. The first-order chi connectivity index (χ1) is 24.7. The summed E-state index contributed by atoms with van der Waals surface area (Å²) in [6, 6.07) is 11.8. The molecule has 2 N–H and O–H groups in total. The van der Waals surface area contributed by atoms with Crippen molar-refractivity contribution in [3.05, 3.63) is 92.7 Å². The lowest BCUT2D eigenvalue weighted by Crippen LogP contribution is -2.59. The van der Waals surface area contributed by atoms with Crippen LogP contribution in [0.25, 0.3) is 0 Å². The number of sulfonamides is 1. The fourth-order valence-electron chi connectivity index (χ4n) is 7.19. The number of aryl methyl sites for hydroxylation is 1. The zero-order chi connectivity index (χ0) is 39.3. The lowest BCUT2D eigenvalue weighted by atomic mass is 9.58. The van der Waals surface area contributed by atoms with Crippen molar-refractivity contribution >= 4 is 62.7 Å². The summed E-state index contributed by atoms with van der Waals surface area (Å²) in [5.74, 6) is -3.98. The van der Waals surface area contributed by atoms with Gasteiger partial charge in [-0.3, -0.25) is 14.4 Å². The summed E-state index contributed by atoms with van der Waals surface area (Å²) in [4.78, 5) is 57.8. The normalized spacial score (nSPS) is 20.2. The van der Waals surface area contributed by atoms with E-state index in [1.54, 1.807) is 32.9 Å². The summed E-state index contributed by atoms with van der Waals surface area (Å²) >= 11 is 13.1. The summed E-state index contributed by atoms with van der Waals surface area (Å²) in [5.41, 5.74) is -2.64. The van der Waals surface area contributed by atoms with Crippen LogP contribution in [0.1, 0.15) is 88.1 Å². The van der Waals surface area contributed by atoms with Crippen molar-refractivity contribution in [1.82, 2.24) is 10.0 Å². The van der Waals surface area contributed by atoms with Gasteiger partial charge in [-0.25, -0.2) is 27.2 Å². The third-order valence-corrected chi connectivity index (χ3v) is 10.8. The Morgan fingerprint density at radius 2 is 1.64 bits per heavy atom. The predicted molar refractivity (Wildman–Crippen MR) is 199 cm³/mol. The molecular weight excluding hydrogens is 748 g/mol. The third kappa shape index (κ3) is 7.61. The molecule has 15 heteroatoms. The fourth-order valence-corrected chi connectivity index (χ4v) is 8.06. The minimum absolute atomic E-state index is 0.0297. The minimum Gasteiger partial charge on any atom is -0.477 e. The Labute approximate surface area is 318 Å². The van der Waals surface area contributed by atoms with Crippen molar-refractivity contribution in [3.63, 3.8) is 0 Å². The van der Waals surface area contributed by atoms with E-state index < -0.39 is 68.0 Å². The smallest absolute Gasteiger partial charge is 0.421 e. The number of ether oxygens (including phenoxy) is 2. The number of carbonyl (C=O) groups is 4. The van der Waals surface area contributed by atoms with E-state index in [0.29, 0.717) is 5.56 Å². The molecule has 0 aliphatic carbocycles. The number of benzene rings is 3. The molecule has 2 aliphatic heterocycles. The second kappa shape index (κ2) is 14.6. The zero-order valence-electron chi connectivity index (χ0n) is 30.4. The molecule has 0 saturated carbocycles. The van der Waals surface area contributed by atoms with Gasteiger partial charge in [0, 0.05) is 27.9 Å². The Kier molecular flexibility index (Phi) is 11.0. The van der Waals surface area contributed by atoms with Gasteiger partial charge in [-0.15, -0.1) is 0 Å². The average Bonchev–Trinajstić information content (AvgIpc) is 3.31. The molecular formula is C38H42Cl2FN3O8S. The van der Waals surface area contributed by atoms with Gasteiger partial charge < -0.3 is 14.8 Å². The molecule has 2 aliphatic rings. The number of amides is 4. The maximum Gasteiger partial charge on any atom is 0.421 e. The monoisotopic (exact) mass is 789 g/mol. The fraction of sp³-hybridized carbons (Fsp3) is 0.421. The van der Waals surface area contributed by atoms with E-state index in [9.17, 15) is 22.8 Å². The number of carbonyl (C=O) groups excluding carboxylic acids is 4. The number of halogens is 3. The van der Waals surface area contributed by atoms with Crippen LogP contribution in [0, 0.1) is 18.2 Å². The van der Waals surface area contributed by atoms with Gasteiger partial charge in [0.05, 0.1) is 24.6 Å². The first-order valence-corrected chi connectivity index (χ1v) is 19.7. The van der Waals surface area contributed by atoms with Gasteiger partial charge in [-0.2, -0.15) is 0 Å². The van der Waals surface area contributed by atoms with E-state index in [-0.39, 0.29) is 64.0 Å². The highest BCUT2D eigenvalue weighted by Crippen LogP contribution is 2.61. The number of nitrogens with one attached hydrogen (secondary N) is 2. The number of nitrogens with zero attached hydrogens (tertiary/aromatic N) is 1. The van der Waals surface area contributed by atoms with Crippen molar-refractivity contribution in [1.29, 1.82) is 0 Å². The molecule has 5 rings (SSSR count). The van der Waals surface area contributed by atoms with E-state index in [4.69, 9.17) is 32.7 Å².